The zero-order valence-corrected chi connectivity index (χ0v) is 20.0. The van der Waals surface area contributed by atoms with E-state index in [0.29, 0.717) is 23.4 Å². The number of nitrogens with zero attached hydrogens (tertiary/aromatic N) is 4. The maximum atomic E-state index is 15.3. The fourth-order valence-electron chi connectivity index (χ4n) is 4.48. The average molecular weight is 493 g/mol. The van der Waals surface area contributed by atoms with Crippen LogP contribution in [0.4, 0.5) is 4.39 Å². The van der Waals surface area contributed by atoms with E-state index < -0.39 is 17.6 Å². The lowest BCUT2D eigenvalue weighted by molar-refractivity contribution is -0.255. The molecule has 0 spiro atoms. The summed E-state index contributed by atoms with van der Waals surface area (Å²) in [6, 6.07) is 11.2. The summed E-state index contributed by atoms with van der Waals surface area (Å²) in [5.74, 6) is -3.26. The van der Waals surface area contributed by atoms with E-state index >= 15 is 4.39 Å². The van der Waals surface area contributed by atoms with Gasteiger partial charge in [-0.2, -0.15) is 5.10 Å². The molecule has 36 heavy (non-hydrogen) atoms. The monoisotopic (exact) mass is 492 g/mol. The average Bonchev–Trinajstić information content (AvgIpc) is 3.32. The Labute approximate surface area is 206 Å². The second-order valence-corrected chi connectivity index (χ2v) is 8.79. The minimum Gasteiger partial charge on any atom is -0.486 e. The molecule has 0 fully saturated rings. The zero-order valence-electron chi connectivity index (χ0n) is 20.0. The number of ether oxygens (including phenoxy) is 2. The Kier molecular flexibility index (Phi) is 5.95. The van der Waals surface area contributed by atoms with Crippen molar-refractivity contribution in [2.75, 3.05) is 13.7 Å². The zero-order chi connectivity index (χ0) is 25.6. The number of carbonyl (C=O) groups is 1. The molecule has 9 nitrogen and oxygen atoms in total. The quantitative estimate of drug-likeness (QED) is 0.382. The van der Waals surface area contributed by atoms with Gasteiger partial charge in [0.2, 0.25) is 0 Å². The second kappa shape index (κ2) is 8.98. The van der Waals surface area contributed by atoms with Gasteiger partial charge in [0.05, 0.1) is 18.7 Å². The van der Waals surface area contributed by atoms with E-state index in [0.717, 1.165) is 15.8 Å². The summed E-state index contributed by atoms with van der Waals surface area (Å²) in [4.78, 5) is 17.4. The smallest absolute Gasteiger partial charge is 0.296 e. The number of aliphatic hydroxyl groups is 2. The predicted octanol–water partition coefficient (Wildman–Crippen LogP) is 2.94. The van der Waals surface area contributed by atoms with Crippen LogP contribution in [0.1, 0.15) is 28.5 Å². The standard InChI is InChI=1S/C26H25FN4O5/c1-15(14-35-3)36-22-9-8-18(20-13-30(2)29-23(20)22)16-6-7-17(21(27)11-16)12-31-25(32)19-5-4-10-28-24(19)26(31,33)34/h4-11,13,15,33-34H,12,14H2,1-3H3. The number of aryl methyl sites for hydroxylation is 1. The topological polar surface area (TPSA) is 110 Å². The third kappa shape index (κ3) is 3.98. The molecule has 0 saturated carbocycles. The number of rotatable bonds is 7. The molecule has 186 valence electrons. The molecule has 4 aromatic rings. The van der Waals surface area contributed by atoms with E-state index in [2.05, 4.69) is 10.1 Å². The highest BCUT2D eigenvalue weighted by Gasteiger charge is 2.49. The Morgan fingerprint density at radius 1 is 1.17 bits per heavy atom. The van der Waals surface area contributed by atoms with Crippen LogP contribution in [-0.4, -0.2) is 55.6 Å². The number of benzene rings is 2. The number of methoxy groups -OCH3 is 1. The number of hydrogen-bond donors (Lipinski definition) is 2. The van der Waals surface area contributed by atoms with E-state index in [1.807, 2.05) is 19.2 Å². The van der Waals surface area contributed by atoms with E-state index in [-0.39, 0.29) is 29.5 Å². The third-order valence-electron chi connectivity index (χ3n) is 6.15. The van der Waals surface area contributed by atoms with Crippen molar-refractivity contribution in [3.05, 3.63) is 77.5 Å². The number of hydrogen-bond acceptors (Lipinski definition) is 7. The fraction of sp³-hybridized carbons (Fsp3) is 0.269. The molecule has 0 saturated heterocycles. The fourth-order valence-corrected chi connectivity index (χ4v) is 4.48. The van der Waals surface area contributed by atoms with Crippen LogP contribution in [0.15, 0.2) is 54.9 Å². The van der Waals surface area contributed by atoms with Gasteiger partial charge in [-0.1, -0.05) is 12.1 Å². The van der Waals surface area contributed by atoms with Crippen molar-refractivity contribution in [3.8, 4) is 16.9 Å². The second-order valence-electron chi connectivity index (χ2n) is 8.79. The number of pyridine rings is 1. The molecule has 2 aromatic carbocycles. The number of halogens is 1. The Morgan fingerprint density at radius 3 is 2.69 bits per heavy atom. The highest BCUT2D eigenvalue weighted by atomic mass is 19.1. The first-order valence-corrected chi connectivity index (χ1v) is 11.3. The maximum absolute atomic E-state index is 15.3. The van der Waals surface area contributed by atoms with Crippen molar-refractivity contribution in [2.45, 2.75) is 25.5 Å². The highest BCUT2D eigenvalue weighted by molar-refractivity contribution is 5.99. The van der Waals surface area contributed by atoms with Crippen molar-refractivity contribution in [3.63, 3.8) is 0 Å². The van der Waals surface area contributed by atoms with Crippen LogP contribution in [-0.2, 0) is 24.2 Å². The van der Waals surface area contributed by atoms with Gasteiger partial charge in [-0.25, -0.2) is 4.39 Å². The minimum atomic E-state index is -2.63. The molecule has 1 unspecified atom stereocenters. The lowest BCUT2D eigenvalue weighted by atomic mass is 9.99. The van der Waals surface area contributed by atoms with Crippen LogP contribution in [0.5, 0.6) is 5.75 Å². The van der Waals surface area contributed by atoms with Gasteiger partial charge in [0.25, 0.3) is 11.8 Å². The number of carbonyl (C=O) groups excluding carboxylic acids is 1. The van der Waals surface area contributed by atoms with Crippen LogP contribution < -0.4 is 4.74 Å². The van der Waals surface area contributed by atoms with Crippen LogP contribution in [0, 0.1) is 5.82 Å². The Bertz CT molecular complexity index is 1470. The molecule has 2 N–H and O–H groups in total. The molecule has 2 aromatic heterocycles. The van der Waals surface area contributed by atoms with Crippen molar-refractivity contribution >= 4 is 16.8 Å². The molecule has 1 amide bonds. The molecular weight excluding hydrogens is 467 g/mol. The normalized spacial score (nSPS) is 15.4. The van der Waals surface area contributed by atoms with E-state index in [1.165, 1.54) is 30.5 Å². The van der Waals surface area contributed by atoms with Crippen molar-refractivity contribution < 1.29 is 28.9 Å². The number of aromatic nitrogens is 3. The lowest BCUT2D eigenvalue weighted by Crippen LogP contribution is -2.43. The molecule has 3 heterocycles. The molecular formula is C26H25FN4O5. The van der Waals surface area contributed by atoms with Crippen LogP contribution in [0.25, 0.3) is 22.0 Å². The molecule has 1 aliphatic heterocycles. The van der Waals surface area contributed by atoms with Gasteiger partial charge >= 0.3 is 0 Å². The highest BCUT2D eigenvalue weighted by Crippen LogP contribution is 2.37. The first-order valence-electron chi connectivity index (χ1n) is 11.3. The van der Waals surface area contributed by atoms with E-state index in [1.54, 1.807) is 31.0 Å². The molecule has 0 bridgehead atoms. The Hall–Kier alpha value is -3.86. The molecule has 1 aliphatic rings. The maximum Gasteiger partial charge on any atom is 0.296 e. The SMILES string of the molecule is COCC(C)Oc1ccc(-c2ccc(CN3C(=O)c4cccnc4C3(O)O)c(F)c2)c2cn(C)nc12. The summed E-state index contributed by atoms with van der Waals surface area (Å²) < 4.78 is 28.1. The van der Waals surface area contributed by atoms with E-state index in [9.17, 15) is 15.0 Å². The number of fused-ring (bicyclic) bond motifs is 2. The summed E-state index contributed by atoms with van der Waals surface area (Å²) in [7, 11) is 3.40. The van der Waals surface area contributed by atoms with Gasteiger partial charge in [-0.15, -0.1) is 0 Å². The first kappa shape index (κ1) is 23.9. The van der Waals surface area contributed by atoms with Crippen molar-refractivity contribution in [2.24, 2.45) is 7.05 Å². The third-order valence-corrected chi connectivity index (χ3v) is 6.15. The predicted molar refractivity (Wildman–Crippen MR) is 128 cm³/mol. The van der Waals surface area contributed by atoms with Gasteiger partial charge in [0, 0.05) is 37.5 Å². The van der Waals surface area contributed by atoms with Gasteiger partial charge in [0.15, 0.2) is 0 Å². The van der Waals surface area contributed by atoms with Gasteiger partial charge in [-0.05, 0) is 48.4 Å². The van der Waals surface area contributed by atoms with Gasteiger partial charge in [-0.3, -0.25) is 19.4 Å². The summed E-state index contributed by atoms with van der Waals surface area (Å²) in [5, 5.41) is 26.4. The summed E-state index contributed by atoms with van der Waals surface area (Å²) >= 11 is 0. The lowest BCUT2D eigenvalue weighted by Gasteiger charge is -2.28. The molecule has 5 rings (SSSR count). The van der Waals surface area contributed by atoms with Gasteiger partial charge < -0.3 is 19.7 Å². The van der Waals surface area contributed by atoms with Crippen molar-refractivity contribution in [1.82, 2.24) is 19.7 Å². The number of amides is 1. The van der Waals surface area contributed by atoms with Crippen LogP contribution in [0.2, 0.25) is 0 Å². The summed E-state index contributed by atoms with van der Waals surface area (Å²) in [6.07, 6.45) is 3.02. The Balaban J connectivity index is 1.46. The summed E-state index contributed by atoms with van der Waals surface area (Å²) in [6.45, 7) is 1.97. The first-order chi connectivity index (χ1) is 17.2. The Morgan fingerprint density at radius 2 is 1.97 bits per heavy atom. The molecule has 0 radical (unpaired) electrons. The van der Waals surface area contributed by atoms with Crippen LogP contribution >= 0.6 is 0 Å². The van der Waals surface area contributed by atoms with Crippen molar-refractivity contribution in [1.29, 1.82) is 0 Å². The van der Waals surface area contributed by atoms with Crippen LogP contribution in [0.3, 0.4) is 0 Å². The van der Waals surface area contributed by atoms with Gasteiger partial charge in [0.1, 0.15) is 28.9 Å². The summed E-state index contributed by atoms with van der Waals surface area (Å²) in [5.41, 5.74) is 2.02. The minimum absolute atomic E-state index is 0.0700. The molecule has 0 aliphatic carbocycles. The largest absolute Gasteiger partial charge is 0.486 e. The van der Waals surface area contributed by atoms with E-state index in [4.69, 9.17) is 9.47 Å². The molecule has 10 heteroatoms. The molecule has 1 atom stereocenters.